The second-order valence-electron chi connectivity index (χ2n) is 3.13. The Kier molecular flexibility index (Phi) is 3.60. The van der Waals surface area contributed by atoms with Crippen molar-refractivity contribution in [3.05, 3.63) is 23.2 Å². The van der Waals surface area contributed by atoms with Gasteiger partial charge >= 0.3 is 0 Å². The molecule has 18 heavy (non-hydrogen) atoms. The SMILES string of the molecule is Cc1nc(C#N)c(SSc2oc(C)nc2C#N)o1. The Hall–Kier alpha value is -1.90. The molecule has 8 heteroatoms. The fourth-order valence-electron chi connectivity index (χ4n) is 1.15. The van der Waals surface area contributed by atoms with E-state index in [1.54, 1.807) is 13.8 Å². The van der Waals surface area contributed by atoms with Crippen molar-refractivity contribution in [3.63, 3.8) is 0 Å². The first kappa shape index (κ1) is 12.6. The zero-order valence-corrected chi connectivity index (χ0v) is 11.1. The van der Waals surface area contributed by atoms with Gasteiger partial charge in [-0.05, 0) is 21.6 Å². The van der Waals surface area contributed by atoms with Gasteiger partial charge in [-0.25, -0.2) is 9.97 Å². The fourth-order valence-corrected chi connectivity index (χ4v) is 3.08. The molecule has 0 aliphatic heterocycles. The van der Waals surface area contributed by atoms with E-state index in [9.17, 15) is 0 Å². The quantitative estimate of drug-likeness (QED) is 0.790. The summed E-state index contributed by atoms with van der Waals surface area (Å²) >= 11 is 0. The summed E-state index contributed by atoms with van der Waals surface area (Å²) in [6.07, 6.45) is 0. The zero-order chi connectivity index (χ0) is 13.1. The Bertz CT molecular complexity index is 604. The number of nitriles is 2. The molecule has 2 aromatic heterocycles. The number of oxazole rings is 2. The summed E-state index contributed by atoms with van der Waals surface area (Å²) in [6.45, 7) is 3.32. The molecule has 0 bridgehead atoms. The van der Waals surface area contributed by atoms with E-state index in [-0.39, 0.29) is 11.4 Å². The summed E-state index contributed by atoms with van der Waals surface area (Å²) in [5, 5.41) is 18.5. The molecule has 0 spiro atoms. The van der Waals surface area contributed by atoms with E-state index in [2.05, 4.69) is 9.97 Å². The minimum Gasteiger partial charge on any atom is -0.432 e. The Morgan fingerprint density at radius 1 is 0.889 bits per heavy atom. The van der Waals surface area contributed by atoms with Crippen LogP contribution in [0.5, 0.6) is 0 Å². The number of aromatic nitrogens is 2. The molecule has 2 rings (SSSR count). The smallest absolute Gasteiger partial charge is 0.210 e. The molecule has 0 aliphatic carbocycles. The summed E-state index contributed by atoms with van der Waals surface area (Å²) < 4.78 is 10.5. The third-order valence-corrected chi connectivity index (χ3v) is 3.91. The largest absolute Gasteiger partial charge is 0.432 e. The molecular weight excluding hydrogens is 272 g/mol. The van der Waals surface area contributed by atoms with E-state index in [1.165, 1.54) is 21.6 Å². The molecule has 0 saturated carbocycles. The first-order chi connectivity index (χ1) is 8.63. The maximum absolute atomic E-state index is 8.85. The fraction of sp³-hybridized carbons (Fsp3) is 0.200. The van der Waals surface area contributed by atoms with Crippen LogP contribution in [0.2, 0.25) is 0 Å². The lowest BCUT2D eigenvalue weighted by atomic mass is 10.5. The van der Waals surface area contributed by atoms with Gasteiger partial charge in [0, 0.05) is 13.8 Å². The van der Waals surface area contributed by atoms with Crippen LogP contribution in [0.25, 0.3) is 0 Å². The summed E-state index contributed by atoms with van der Waals surface area (Å²) in [6, 6.07) is 3.87. The highest BCUT2D eigenvalue weighted by atomic mass is 33.1. The van der Waals surface area contributed by atoms with Crippen molar-refractivity contribution < 1.29 is 8.83 Å². The first-order valence-electron chi connectivity index (χ1n) is 4.73. The van der Waals surface area contributed by atoms with Crippen molar-refractivity contribution in [2.24, 2.45) is 0 Å². The highest BCUT2D eigenvalue weighted by molar-refractivity contribution is 8.76. The lowest BCUT2D eigenvalue weighted by Crippen LogP contribution is -1.76. The molecule has 0 aliphatic rings. The topological polar surface area (TPSA) is 99.6 Å². The molecule has 0 unspecified atom stereocenters. The lowest BCUT2D eigenvalue weighted by Gasteiger charge is -1.93. The van der Waals surface area contributed by atoms with E-state index < -0.39 is 0 Å². The van der Waals surface area contributed by atoms with Gasteiger partial charge in [0.15, 0.2) is 23.2 Å². The number of rotatable bonds is 3. The average Bonchev–Trinajstić information content (AvgIpc) is 2.89. The number of aryl methyl sites for hydroxylation is 2. The van der Waals surface area contributed by atoms with Gasteiger partial charge in [0.05, 0.1) is 0 Å². The molecule has 2 heterocycles. The van der Waals surface area contributed by atoms with Crippen LogP contribution >= 0.6 is 21.6 Å². The van der Waals surface area contributed by atoms with Crippen LogP contribution in [0.15, 0.2) is 19.0 Å². The highest BCUT2D eigenvalue weighted by Crippen LogP contribution is 2.40. The predicted octanol–water partition coefficient (Wildman–Crippen LogP) is 2.82. The number of nitrogens with zero attached hydrogens (tertiary/aromatic N) is 4. The van der Waals surface area contributed by atoms with E-state index in [0.29, 0.717) is 22.0 Å². The summed E-state index contributed by atoms with van der Waals surface area (Å²) in [7, 11) is 2.34. The Morgan fingerprint density at radius 2 is 1.28 bits per heavy atom. The Labute approximate surface area is 110 Å². The molecular formula is C10H6N4O2S2. The number of hydrogen-bond acceptors (Lipinski definition) is 8. The van der Waals surface area contributed by atoms with Gasteiger partial charge in [0.2, 0.25) is 10.2 Å². The van der Waals surface area contributed by atoms with Crippen LogP contribution in [-0.4, -0.2) is 9.97 Å². The van der Waals surface area contributed by atoms with Gasteiger partial charge in [-0.1, -0.05) is 0 Å². The van der Waals surface area contributed by atoms with Crippen molar-refractivity contribution in [2.45, 2.75) is 24.0 Å². The summed E-state index contributed by atoms with van der Waals surface area (Å²) in [5.41, 5.74) is 0.444. The molecule has 0 fully saturated rings. The van der Waals surface area contributed by atoms with Crippen molar-refractivity contribution in [3.8, 4) is 12.1 Å². The van der Waals surface area contributed by atoms with E-state index in [0.717, 1.165) is 0 Å². The summed E-state index contributed by atoms with van der Waals surface area (Å²) in [4.78, 5) is 7.83. The maximum atomic E-state index is 8.85. The van der Waals surface area contributed by atoms with Gasteiger partial charge in [0.25, 0.3) is 0 Å². The molecule has 0 N–H and O–H groups in total. The van der Waals surface area contributed by atoms with Crippen molar-refractivity contribution >= 4 is 21.6 Å². The molecule has 0 amide bonds. The van der Waals surface area contributed by atoms with Gasteiger partial charge in [-0.3, -0.25) is 0 Å². The lowest BCUT2D eigenvalue weighted by molar-refractivity contribution is 0.439. The standard InChI is InChI=1S/C10H6N4O2S2/c1-5-13-7(3-11)9(15-5)17-18-10-8(4-12)14-6(2)16-10/h1-2H3. The molecule has 0 atom stereocenters. The minimum absolute atomic E-state index is 0.222. The molecule has 90 valence electrons. The third kappa shape index (κ3) is 2.50. The number of hydrogen-bond donors (Lipinski definition) is 0. The van der Waals surface area contributed by atoms with Crippen LogP contribution < -0.4 is 0 Å². The molecule has 2 aromatic rings. The maximum Gasteiger partial charge on any atom is 0.210 e. The van der Waals surface area contributed by atoms with Gasteiger partial charge in [-0.2, -0.15) is 10.5 Å². The Morgan fingerprint density at radius 3 is 1.61 bits per heavy atom. The monoisotopic (exact) mass is 278 g/mol. The van der Waals surface area contributed by atoms with Crippen LogP contribution in [-0.2, 0) is 0 Å². The minimum atomic E-state index is 0.222. The van der Waals surface area contributed by atoms with Crippen LogP contribution in [0.1, 0.15) is 23.2 Å². The van der Waals surface area contributed by atoms with Gasteiger partial charge in [0.1, 0.15) is 12.1 Å². The van der Waals surface area contributed by atoms with Gasteiger partial charge in [-0.15, -0.1) is 0 Å². The highest BCUT2D eigenvalue weighted by Gasteiger charge is 2.16. The average molecular weight is 278 g/mol. The zero-order valence-electron chi connectivity index (χ0n) is 9.42. The normalized spacial score (nSPS) is 10.0. The predicted molar refractivity (Wildman–Crippen MR) is 63.6 cm³/mol. The Balaban J connectivity index is 2.17. The molecule has 6 nitrogen and oxygen atoms in total. The first-order valence-corrected chi connectivity index (χ1v) is 6.88. The van der Waals surface area contributed by atoms with Crippen LogP contribution in [0.4, 0.5) is 0 Å². The van der Waals surface area contributed by atoms with Crippen LogP contribution in [0, 0.1) is 36.5 Å². The third-order valence-electron chi connectivity index (χ3n) is 1.81. The molecule has 0 radical (unpaired) electrons. The second kappa shape index (κ2) is 5.17. The second-order valence-corrected chi connectivity index (χ2v) is 5.20. The van der Waals surface area contributed by atoms with E-state index in [1.807, 2.05) is 12.1 Å². The van der Waals surface area contributed by atoms with Crippen molar-refractivity contribution in [1.29, 1.82) is 10.5 Å². The van der Waals surface area contributed by atoms with Crippen LogP contribution in [0.3, 0.4) is 0 Å². The molecule has 0 aromatic carbocycles. The van der Waals surface area contributed by atoms with E-state index >= 15 is 0 Å². The van der Waals surface area contributed by atoms with Crippen molar-refractivity contribution in [1.82, 2.24) is 9.97 Å². The van der Waals surface area contributed by atoms with Crippen molar-refractivity contribution in [2.75, 3.05) is 0 Å². The molecule has 0 saturated heterocycles. The summed E-state index contributed by atoms with van der Waals surface area (Å²) in [5.74, 6) is 0.841. The van der Waals surface area contributed by atoms with Gasteiger partial charge < -0.3 is 8.83 Å². The van der Waals surface area contributed by atoms with E-state index in [4.69, 9.17) is 19.4 Å².